The van der Waals surface area contributed by atoms with E-state index in [1.807, 2.05) is 0 Å². The molecule has 2 aliphatic rings. The van der Waals surface area contributed by atoms with E-state index in [0.29, 0.717) is 6.54 Å². The number of aliphatic hydroxyl groups excluding tert-OH is 1. The molecule has 3 atom stereocenters. The normalized spacial score (nSPS) is 27.6. The lowest BCUT2D eigenvalue weighted by Crippen LogP contribution is -2.50. The maximum absolute atomic E-state index is 12.0. The number of nitrogens with zero attached hydrogens (tertiary/aromatic N) is 1. The van der Waals surface area contributed by atoms with Crippen molar-refractivity contribution in [3.8, 4) is 0 Å². The number of carbonyl (C=O) groups is 3. The summed E-state index contributed by atoms with van der Waals surface area (Å²) in [6, 6.07) is -0.935. The van der Waals surface area contributed by atoms with Gasteiger partial charge in [0.1, 0.15) is 12.1 Å². The van der Waals surface area contributed by atoms with Crippen molar-refractivity contribution in [1.82, 2.24) is 15.5 Å². The van der Waals surface area contributed by atoms with Crippen molar-refractivity contribution in [3.63, 3.8) is 0 Å². The Hall–Kier alpha value is -1.83. The van der Waals surface area contributed by atoms with Crippen LogP contribution in [0.1, 0.15) is 27.2 Å². The first-order valence-electron chi connectivity index (χ1n) is 6.68. The molecular weight excluding hydrogens is 278 g/mol. The maximum atomic E-state index is 12.0. The van der Waals surface area contributed by atoms with Crippen molar-refractivity contribution in [3.05, 3.63) is 0 Å². The van der Waals surface area contributed by atoms with Gasteiger partial charge in [0.2, 0.25) is 11.8 Å². The molecule has 0 aliphatic carbocycles. The van der Waals surface area contributed by atoms with Gasteiger partial charge < -0.3 is 25.4 Å². The molecule has 120 valence electrons. The average Bonchev–Trinajstić information content (AvgIpc) is 3.01. The summed E-state index contributed by atoms with van der Waals surface area (Å²) in [5, 5.41) is 14.0. The van der Waals surface area contributed by atoms with E-state index in [0.717, 1.165) is 12.8 Å². The van der Waals surface area contributed by atoms with Gasteiger partial charge in [-0.15, -0.1) is 0 Å². The number of likely N-dealkylation sites (tertiary alicyclic amines) is 1. The molecule has 0 spiro atoms. The van der Waals surface area contributed by atoms with Gasteiger partial charge in [0, 0.05) is 6.54 Å². The summed E-state index contributed by atoms with van der Waals surface area (Å²) in [6.45, 7) is 1.99. The molecule has 0 aromatic heterocycles. The first-order valence-corrected chi connectivity index (χ1v) is 6.68. The second-order valence-electron chi connectivity index (χ2n) is 5.02. The Morgan fingerprint density at radius 1 is 1.52 bits per heavy atom. The molecule has 2 heterocycles. The van der Waals surface area contributed by atoms with E-state index < -0.39 is 24.1 Å². The number of nitrogens with one attached hydrogen (secondary N) is 2. The van der Waals surface area contributed by atoms with Crippen molar-refractivity contribution in [2.45, 2.75) is 45.4 Å². The van der Waals surface area contributed by atoms with E-state index in [4.69, 9.17) is 9.84 Å². The van der Waals surface area contributed by atoms with E-state index >= 15 is 0 Å². The van der Waals surface area contributed by atoms with Crippen LogP contribution in [0.25, 0.3) is 0 Å². The Morgan fingerprint density at radius 2 is 2.24 bits per heavy atom. The fourth-order valence-corrected chi connectivity index (χ4v) is 2.52. The van der Waals surface area contributed by atoms with Gasteiger partial charge in [0.05, 0.1) is 19.2 Å². The number of alkyl carbamates (subject to hydrolysis) is 1. The predicted octanol–water partition coefficient (Wildman–Crippen LogP) is -0.781. The Labute approximate surface area is 123 Å². The Kier molecular flexibility index (Phi) is 5.95. The highest BCUT2D eigenvalue weighted by Gasteiger charge is 2.36. The van der Waals surface area contributed by atoms with Gasteiger partial charge in [-0.3, -0.25) is 9.59 Å². The summed E-state index contributed by atoms with van der Waals surface area (Å²) in [5.41, 5.74) is 0. The highest BCUT2D eigenvalue weighted by atomic mass is 16.6. The molecule has 2 saturated heterocycles. The number of aliphatic hydroxyl groups is 1. The third kappa shape index (κ3) is 3.84. The first-order chi connectivity index (χ1) is 9.52. The zero-order valence-electron chi connectivity index (χ0n) is 11.3. The molecule has 2 fully saturated rings. The third-order valence-electron chi connectivity index (χ3n) is 3.64. The van der Waals surface area contributed by atoms with E-state index in [1.165, 1.54) is 0 Å². The lowest BCUT2D eigenvalue weighted by molar-refractivity contribution is -0.134. The summed E-state index contributed by atoms with van der Waals surface area (Å²) in [6.07, 6.45) is 0.437. The van der Waals surface area contributed by atoms with Crippen LogP contribution >= 0.6 is 0 Å². The fraction of sp³-hybridized carbons (Fsp3) is 0.769. The van der Waals surface area contributed by atoms with Gasteiger partial charge in [-0.2, -0.15) is 0 Å². The van der Waals surface area contributed by atoms with Crippen LogP contribution < -0.4 is 10.6 Å². The molecule has 0 aromatic carbocycles. The number of ether oxygens (including phenoxy) is 1. The average molecular weight is 301 g/mol. The number of carbonyl (C=O) groups excluding carboxylic acids is 3. The van der Waals surface area contributed by atoms with Crippen LogP contribution in [0, 0.1) is 0 Å². The quantitative estimate of drug-likeness (QED) is 0.631. The van der Waals surface area contributed by atoms with Crippen molar-refractivity contribution >= 4 is 17.9 Å². The zero-order chi connectivity index (χ0) is 14.7. The molecule has 0 radical (unpaired) electrons. The van der Waals surface area contributed by atoms with E-state index in [9.17, 15) is 14.4 Å². The van der Waals surface area contributed by atoms with Gasteiger partial charge >= 0.3 is 6.09 Å². The molecule has 2 aliphatic heterocycles. The third-order valence-corrected chi connectivity index (χ3v) is 3.64. The van der Waals surface area contributed by atoms with Gasteiger partial charge in [-0.1, -0.05) is 7.43 Å². The Balaban J connectivity index is 0.00000220. The number of hydrogen-bond donors (Lipinski definition) is 3. The standard InChI is InChI=1S/C12H19N3O5.CH4/c1-7-10(14-12(19)20-7)11(18)13-5-9(17)15-4-2-3-8(15)6-16;/h7-8,10,16H,2-6H2,1H3,(H,13,18)(H,14,19);1H4/t7-,8-,10-;/m0./s1. The van der Waals surface area contributed by atoms with E-state index in [1.54, 1.807) is 11.8 Å². The highest BCUT2D eigenvalue weighted by molar-refractivity contribution is 5.91. The van der Waals surface area contributed by atoms with Gasteiger partial charge in [0.25, 0.3) is 0 Å². The maximum Gasteiger partial charge on any atom is 0.408 e. The summed E-state index contributed by atoms with van der Waals surface area (Å²) < 4.78 is 4.80. The number of hydrogen-bond acceptors (Lipinski definition) is 5. The van der Waals surface area contributed by atoms with Crippen molar-refractivity contribution in [1.29, 1.82) is 0 Å². The largest absolute Gasteiger partial charge is 0.444 e. The topological polar surface area (TPSA) is 108 Å². The van der Waals surface area contributed by atoms with Crippen LogP contribution in [0.3, 0.4) is 0 Å². The van der Waals surface area contributed by atoms with Crippen LogP contribution in [0.2, 0.25) is 0 Å². The molecule has 3 N–H and O–H groups in total. The molecule has 8 heteroatoms. The zero-order valence-corrected chi connectivity index (χ0v) is 11.3. The molecule has 0 bridgehead atoms. The van der Waals surface area contributed by atoms with Gasteiger partial charge in [-0.05, 0) is 19.8 Å². The number of amides is 3. The smallest absolute Gasteiger partial charge is 0.408 e. The van der Waals surface area contributed by atoms with E-state index in [2.05, 4.69) is 10.6 Å². The van der Waals surface area contributed by atoms with Gasteiger partial charge in [-0.25, -0.2) is 4.79 Å². The molecular formula is C13H23N3O5. The lowest BCUT2D eigenvalue weighted by atomic mass is 10.2. The Bertz CT molecular complexity index is 415. The van der Waals surface area contributed by atoms with Crippen LogP contribution in [0.4, 0.5) is 4.79 Å². The van der Waals surface area contributed by atoms with E-state index in [-0.39, 0.29) is 32.5 Å². The molecule has 0 unspecified atom stereocenters. The summed E-state index contributed by atoms with van der Waals surface area (Å²) in [4.78, 5) is 36.4. The number of cyclic esters (lactones) is 1. The monoisotopic (exact) mass is 301 g/mol. The minimum atomic E-state index is -0.775. The van der Waals surface area contributed by atoms with Crippen molar-refractivity contribution < 1.29 is 24.2 Å². The van der Waals surface area contributed by atoms with Crippen molar-refractivity contribution in [2.24, 2.45) is 0 Å². The second-order valence-corrected chi connectivity index (χ2v) is 5.02. The fourth-order valence-electron chi connectivity index (χ4n) is 2.52. The van der Waals surface area contributed by atoms with Crippen molar-refractivity contribution in [2.75, 3.05) is 19.7 Å². The Morgan fingerprint density at radius 3 is 2.81 bits per heavy atom. The van der Waals surface area contributed by atoms with Crippen LogP contribution in [-0.2, 0) is 14.3 Å². The molecule has 2 rings (SSSR count). The van der Waals surface area contributed by atoms with Crippen LogP contribution in [0.15, 0.2) is 0 Å². The summed E-state index contributed by atoms with van der Waals surface area (Å²) in [5.74, 6) is -0.677. The van der Waals surface area contributed by atoms with Crippen LogP contribution in [-0.4, -0.2) is 65.8 Å². The van der Waals surface area contributed by atoms with Crippen LogP contribution in [0.5, 0.6) is 0 Å². The highest BCUT2D eigenvalue weighted by Crippen LogP contribution is 2.16. The molecule has 8 nitrogen and oxygen atoms in total. The lowest BCUT2D eigenvalue weighted by Gasteiger charge is -2.23. The molecule has 21 heavy (non-hydrogen) atoms. The molecule has 0 saturated carbocycles. The first kappa shape index (κ1) is 17.2. The number of rotatable bonds is 4. The SMILES string of the molecule is C.C[C@@H]1OC(=O)N[C@@H]1C(=O)NCC(=O)N1CCC[C@H]1CO. The second kappa shape index (κ2) is 7.26. The summed E-state index contributed by atoms with van der Waals surface area (Å²) in [7, 11) is 0. The minimum Gasteiger partial charge on any atom is -0.444 e. The predicted molar refractivity (Wildman–Crippen MR) is 74.4 cm³/mol. The summed E-state index contributed by atoms with van der Waals surface area (Å²) >= 11 is 0. The molecule has 0 aromatic rings. The minimum absolute atomic E-state index is 0. The van der Waals surface area contributed by atoms with Gasteiger partial charge in [0.15, 0.2) is 0 Å². The molecule has 3 amide bonds.